The summed E-state index contributed by atoms with van der Waals surface area (Å²) >= 11 is 0. The van der Waals surface area contributed by atoms with Crippen molar-refractivity contribution in [2.24, 2.45) is 0 Å². The molecular formula is C43H29NO2. The van der Waals surface area contributed by atoms with Gasteiger partial charge in [0.25, 0.3) is 0 Å². The van der Waals surface area contributed by atoms with Crippen LogP contribution < -0.4 is 0 Å². The molecule has 0 aliphatic rings. The average Bonchev–Trinajstić information content (AvgIpc) is 3.75. The number of benzene rings is 6. The van der Waals surface area contributed by atoms with Gasteiger partial charge in [-0.1, -0.05) is 104 Å². The maximum atomic E-state index is 6.61. The van der Waals surface area contributed by atoms with Crippen LogP contribution in [0.2, 0.25) is 0 Å². The lowest BCUT2D eigenvalue weighted by atomic mass is 9.97. The quantitative estimate of drug-likeness (QED) is 0.186. The minimum atomic E-state index is 0.848. The Bertz CT molecular complexity index is 2650. The van der Waals surface area contributed by atoms with Crippen molar-refractivity contribution >= 4 is 60.8 Å². The third-order valence-electron chi connectivity index (χ3n) is 9.18. The molecule has 0 amide bonds. The molecule has 6 aromatic carbocycles. The smallest absolute Gasteiger partial charge is 0.136 e. The molecule has 0 aliphatic heterocycles. The summed E-state index contributed by atoms with van der Waals surface area (Å²) in [6.45, 7) is 5.93. The van der Waals surface area contributed by atoms with E-state index in [4.69, 9.17) is 8.83 Å². The lowest BCUT2D eigenvalue weighted by Gasteiger charge is -2.09. The number of hydrogen-bond donors (Lipinski definition) is 0. The second-order valence-corrected chi connectivity index (χ2v) is 11.8. The van der Waals surface area contributed by atoms with Crippen LogP contribution in [0, 0.1) is 6.92 Å². The lowest BCUT2D eigenvalue weighted by Crippen LogP contribution is -1.94. The molecule has 0 atom stereocenters. The molecule has 3 heteroatoms. The van der Waals surface area contributed by atoms with Crippen LogP contribution in [0.15, 0.2) is 155 Å². The zero-order valence-corrected chi connectivity index (χ0v) is 25.3. The van der Waals surface area contributed by atoms with Crippen LogP contribution in [0.5, 0.6) is 0 Å². The first-order valence-corrected chi connectivity index (χ1v) is 15.6. The molecule has 3 nitrogen and oxygen atoms in total. The topological polar surface area (TPSA) is 31.2 Å². The van der Waals surface area contributed by atoms with Crippen molar-refractivity contribution in [3.63, 3.8) is 0 Å². The number of allylic oxidation sites excluding steroid dienone is 2. The monoisotopic (exact) mass is 591 g/mol. The molecule has 0 radical (unpaired) electrons. The Morgan fingerprint density at radius 2 is 1.28 bits per heavy atom. The molecule has 0 bridgehead atoms. The molecule has 9 aromatic rings. The predicted molar refractivity (Wildman–Crippen MR) is 193 cm³/mol. The van der Waals surface area contributed by atoms with Crippen LogP contribution in [0.4, 0.5) is 0 Å². The van der Waals surface area contributed by atoms with Gasteiger partial charge in [-0.3, -0.25) is 0 Å². The van der Waals surface area contributed by atoms with Gasteiger partial charge in [0.1, 0.15) is 22.5 Å². The summed E-state index contributed by atoms with van der Waals surface area (Å²) in [6, 6.07) is 45.2. The van der Waals surface area contributed by atoms with Gasteiger partial charge < -0.3 is 13.4 Å². The number of aryl methyl sites for hydroxylation is 1. The molecule has 9 rings (SSSR count). The molecular weight excluding hydrogens is 562 g/mol. The Labute approximate surface area is 265 Å². The fourth-order valence-corrected chi connectivity index (χ4v) is 7.06. The van der Waals surface area contributed by atoms with Crippen LogP contribution in [0.25, 0.3) is 88.7 Å². The van der Waals surface area contributed by atoms with Gasteiger partial charge >= 0.3 is 0 Å². The summed E-state index contributed by atoms with van der Waals surface area (Å²) in [5.41, 5.74) is 11.8. The maximum Gasteiger partial charge on any atom is 0.136 e. The Kier molecular flexibility index (Phi) is 5.87. The summed E-state index contributed by atoms with van der Waals surface area (Å²) < 4.78 is 15.2. The minimum absolute atomic E-state index is 0.848. The molecule has 3 aromatic heterocycles. The van der Waals surface area contributed by atoms with Crippen molar-refractivity contribution in [2.45, 2.75) is 6.92 Å². The van der Waals surface area contributed by atoms with Crippen molar-refractivity contribution < 1.29 is 8.83 Å². The highest BCUT2D eigenvalue weighted by Crippen LogP contribution is 2.44. The first kappa shape index (κ1) is 26.4. The highest BCUT2D eigenvalue weighted by molar-refractivity contribution is 6.22. The zero-order chi connectivity index (χ0) is 30.8. The summed E-state index contributed by atoms with van der Waals surface area (Å²) in [5.74, 6) is 0.848. The van der Waals surface area contributed by atoms with Gasteiger partial charge in [0.05, 0.1) is 11.0 Å². The third-order valence-corrected chi connectivity index (χ3v) is 9.18. The lowest BCUT2D eigenvalue weighted by molar-refractivity contribution is 0.601. The molecule has 0 saturated heterocycles. The van der Waals surface area contributed by atoms with E-state index >= 15 is 0 Å². The third kappa shape index (κ3) is 3.92. The van der Waals surface area contributed by atoms with Gasteiger partial charge in [-0.15, -0.1) is 0 Å². The van der Waals surface area contributed by atoms with E-state index in [9.17, 15) is 0 Å². The first-order chi connectivity index (χ1) is 22.7. The molecule has 0 unspecified atom stereocenters. The summed E-state index contributed by atoms with van der Waals surface area (Å²) in [6.07, 6.45) is 5.65. The zero-order valence-electron chi connectivity index (χ0n) is 25.3. The minimum Gasteiger partial charge on any atom is -0.456 e. The molecule has 0 spiro atoms. The summed E-state index contributed by atoms with van der Waals surface area (Å²) in [7, 11) is 0. The van der Waals surface area contributed by atoms with Gasteiger partial charge in [-0.2, -0.15) is 0 Å². The molecule has 0 aliphatic carbocycles. The van der Waals surface area contributed by atoms with Gasteiger partial charge in [-0.25, -0.2) is 0 Å². The van der Waals surface area contributed by atoms with Crippen molar-refractivity contribution in [1.29, 1.82) is 0 Å². The van der Waals surface area contributed by atoms with E-state index in [0.717, 1.165) is 66.3 Å². The fourth-order valence-electron chi connectivity index (χ4n) is 7.06. The number of aromatic nitrogens is 1. The molecule has 3 heterocycles. The standard InChI is InChI=1S/C43H29NO2/c1-3-4-20-38-27(2)33-24-30(22-23-39(33)45-38)44-36-19-11-17-31(28-13-7-5-8-14-28)42(36)34-26-41-35(25-37(34)44)43-32(18-12-21-40(43)46-41)29-15-9-6-10-16-29/h3-26H,1H2,2H3/b20-4-. The van der Waals surface area contributed by atoms with E-state index in [2.05, 4.69) is 145 Å². The predicted octanol–water partition coefficient (Wildman–Crippen LogP) is 12.3. The van der Waals surface area contributed by atoms with E-state index in [-0.39, 0.29) is 0 Å². The maximum absolute atomic E-state index is 6.61. The highest BCUT2D eigenvalue weighted by atomic mass is 16.3. The largest absolute Gasteiger partial charge is 0.456 e. The van der Waals surface area contributed by atoms with Crippen molar-refractivity contribution in [2.75, 3.05) is 0 Å². The summed E-state index contributed by atoms with van der Waals surface area (Å²) in [5, 5.41) is 5.68. The molecule has 0 saturated carbocycles. The van der Waals surface area contributed by atoms with E-state index in [1.54, 1.807) is 6.08 Å². The Hall–Kier alpha value is -6.06. The van der Waals surface area contributed by atoms with Crippen LogP contribution in [0.3, 0.4) is 0 Å². The Morgan fingerprint density at radius 3 is 2.02 bits per heavy atom. The average molecular weight is 592 g/mol. The summed E-state index contributed by atoms with van der Waals surface area (Å²) in [4.78, 5) is 0. The van der Waals surface area contributed by atoms with E-state index in [1.165, 1.54) is 27.6 Å². The second-order valence-electron chi connectivity index (χ2n) is 11.8. The SMILES string of the molecule is C=C/C=C\c1oc2ccc(-n3c4cc5c(cc4c4c(-c6ccccc6)cccc43)oc3cccc(-c4ccccc4)c35)cc2c1C. The van der Waals surface area contributed by atoms with Gasteiger partial charge in [0.15, 0.2) is 0 Å². The van der Waals surface area contributed by atoms with Crippen LogP contribution in [-0.2, 0) is 0 Å². The highest BCUT2D eigenvalue weighted by Gasteiger charge is 2.21. The molecule has 46 heavy (non-hydrogen) atoms. The molecule has 218 valence electrons. The van der Waals surface area contributed by atoms with Crippen LogP contribution >= 0.6 is 0 Å². The van der Waals surface area contributed by atoms with E-state index in [0.29, 0.717) is 0 Å². The number of furan rings is 2. The van der Waals surface area contributed by atoms with Crippen molar-refractivity contribution in [1.82, 2.24) is 4.57 Å². The molecule has 0 fully saturated rings. The van der Waals surface area contributed by atoms with Gasteiger partial charge in [-0.05, 0) is 77.7 Å². The van der Waals surface area contributed by atoms with Crippen molar-refractivity contribution in [3.05, 3.63) is 157 Å². The van der Waals surface area contributed by atoms with Crippen LogP contribution in [0.1, 0.15) is 11.3 Å². The van der Waals surface area contributed by atoms with E-state index in [1.807, 2.05) is 12.2 Å². The first-order valence-electron chi connectivity index (χ1n) is 15.6. The molecule has 0 N–H and O–H groups in total. The van der Waals surface area contributed by atoms with E-state index < -0.39 is 0 Å². The van der Waals surface area contributed by atoms with Crippen molar-refractivity contribution in [3.8, 4) is 27.9 Å². The number of rotatable bonds is 5. The number of nitrogens with zero attached hydrogens (tertiary/aromatic N) is 1. The number of fused-ring (bicyclic) bond motifs is 7. The Morgan fingerprint density at radius 1 is 0.565 bits per heavy atom. The van der Waals surface area contributed by atoms with Gasteiger partial charge in [0, 0.05) is 38.2 Å². The van der Waals surface area contributed by atoms with Gasteiger partial charge in [0.2, 0.25) is 0 Å². The normalized spacial score (nSPS) is 12.0. The Balaban J connectivity index is 1.41. The fraction of sp³-hybridized carbons (Fsp3) is 0.0233. The second kappa shape index (κ2) is 10.3. The number of hydrogen-bond acceptors (Lipinski definition) is 2. The van der Waals surface area contributed by atoms with Crippen LogP contribution in [-0.4, -0.2) is 4.57 Å².